The minimum Gasteiger partial charge on any atom is -0.423 e. The number of aromatic nitrogens is 9. The Bertz CT molecular complexity index is 7020. The van der Waals surface area contributed by atoms with Crippen molar-refractivity contribution in [1.29, 1.82) is 0 Å². The Morgan fingerprint density at radius 1 is 0.202 bits per heavy atom. The molecule has 3 heterocycles. The summed E-state index contributed by atoms with van der Waals surface area (Å²) in [5, 5.41) is 37.1. The van der Waals surface area contributed by atoms with Crippen molar-refractivity contribution >= 4 is 64.3 Å². The molecule has 19 aromatic rings. The molecule has 4 N–H and O–H groups in total. The molecule has 0 amide bonds. The van der Waals surface area contributed by atoms with Gasteiger partial charge in [-0.25, -0.2) is 44.9 Å². The predicted molar refractivity (Wildman–Crippen MR) is 530 cm³/mol. The second-order valence-corrected chi connectivity index (χ2v) is 33.9. The average molecular weight is 1780 g/mol. The first-order valence-electron chi connectivity index (χ1n) is 42.2. The van der Waals surface area contributed by atoms with Crippen LogP contribution in [0, 0.1) is 0 Å². The molecule has 2 aliphatic carbocycles. The minimum atomic E-state index is -1.43. The second-order valence-electron chi connectivity index (χ2n) is 32.1. The molecule has 0 bridgehead atoms. The summed E-state index contributed by atoms with van der Waals surface area (Å²) in [4.78, 5) is 43.2. The van der Waals surface area contributed by atoms with Gasteiger partial charge in [0.15, 0.2) is 52.4 Å². The van der Waals surface area contributed by atoms with Crippen LogP contribution < -0.4 is 10.9 Å². The van der Waals surface area contributed by atoms with Crippen molar-refractivity contribution in [3.63, 3.8) is 0 Å². The van der Waals surface area contributed by atoms with Crippen LogP contribution in [-0.4, -0.2) is 79.2 Å². The molecule has 16 aromatic carbocycles. The fourth-order valence-electron chi connectivity index (χ4n) is 16.1. The van der Waals surface area contributed by atoms with Gasteiger partial charge in [-0.1, -0.05) is 419 Å². The van der Waals surface area contributed by atoms with Crippen molar-refractivity contribution in [1.82, 2.24) is 44.9 Å². The maximum Gasteiger partial charge on any atom is 0.488 e. The Kier molecular flexibility index (Phi) is 26.4. The van der Waals surface area contributed by atoms with E-state index in [9.17, 15) is 10.0 Å². The number of nitrogens with zero attached hydrogens (tertiary/aromatic N) is 9. The lowest BCUT2D eigenvalue weighted by Gasteiger charge is -2.22. The minimum absolute atomic E-state index is 0.0321. The largest absolute Gasteiger partial charge is 0.488 e. The summed E-state index contributed by atoms with van der Waals surface area (Å²) in [7, 11) is -2.84. The summed E-state index contributed by atoms with van der Waals surface area (Å²) >= 11 is 15.3. The molecule has 0 spiro atoms. The highest BCUT2D eigenvalue weighted by Crippen LogP contribution is 2.51. The highest BCUT2D eigenvalue weighted by atomic mass is 79.9. The third kappa shape index (κ3) is 20.0. The molecule has 0 atom stereocenters. The molecular formula is C111H84B2BrCl2N9O4. The van der Waals surface area contributed by atoms with Crippen LogP contribution in [0.15, 0.2) is 417 Å². The van der Waals surface area contributed by atoms with Crippen molar-refractivity contribution in [2.75, 3.05) is 0 Å². The number of benzene rings is 16. The molecule has 0 saturated carbocycles. The molecule has 129 heavy (non-hydrogen) atoms. The molecule has 0 aliphatic heterocycles. The van der Waals surface area contributed by atoms with E-state index in [1.807, 2.05) is 267 Å². The first-order valence-corrected chi connectivity index (χ1v) is 43.8. The second kappa shape index (κ2) is 39.2. The van der Waals surface area contributed by atoms with Crippen LogP contribution in [0.5, 0.6) is 0 Å². The zero-order valence-corrected chi connectivity index (χ0v) is 74.0. The molecule has 18 heteroatoms. The SMILES string of the molecule is Brc1cccc(-c2nc(-c3ccccc3)nc(-c3ccccc3)n2)c1.CC1(C)c2ccccc2-c2ccc(-c3cccc(-c4cccc(-c5nc(-c6ccccc6)nc(-c6ccccc6)n5)c4)c3)cc21.CC1(C)c2ccccc2-c2ccc(B(O)O)cc21.Clc1cccc(-c2cccc(-c3nc(-c4ccccc4)nc(-c4ccccc4)n3)c2)c1.OB(O)c1cccc(Cl)c1. The van der Waals surface area contributed by atoms with E-state index in [1.165, 1.54) is 56.1 Å². The van der Waals surface area contributed by atoms with E-state index < -0.39 is 14.2 Å². The van der Waals surface area contributed by atoms with Crippen LogP contribution >= 0.6 is 39.1 Å². The van der Waals surface area contributed by atoms with E-state index in [1.54, 1.807) is 24.3 Å². The summed E-state index contributed by atoms with van der Waals surface area (Å²) in [5.74, 6) is 5.91. The third-order valence-corrected chi connectivity index (χ3v) is 23.7. The van der Waals surface area contributed by atoms with Crippen molar-refractivity contribution in [3.05, 3.63) is 449 Å². The van der Waals surface area contributed by atoms with Gasteiger partial charge in [-0.2, -0.15) is 0 Å². The van der Waals surface area contributed by atoms with E-state index in [0.717, 1.165) is 82.4 Å². The van der Waals surface area contributed by atoms with Crippen molar-refractivity contribution in [2.24, 2.45) is 0 Å². The Morgan fingerprint density at radius 3 is 0.775 bits per heavy atom. The lowest BCUT2D eigenvalue weighted by Crippen LogP contribution is -2.31. The quantitative estimate of drug-likeness (QED) is 0.0751. The Hall–Kier alpha value is -14.4. The summed E-state index contributed by atoms with van der Waals surface area (Å²) in [5.41, 5.74) is 26.6. The normalized spacial score (nSPS) is 12.0. The monoisotopic (exact) mass is 1780 g/mol. The van der Waals surface area contributed by atoms with Crippen LogP contribution in [0.1, 0.15) is 49.9 Å². The Morgan fingerprint density at radius 2 is 0.442 bits per heavy atom. The van der Waals surface area contributed by atoms with E-state index in [4.69, 9.17) is 73.1 Å². The fourth-order valence-corrected chi connectivity index (χ4v) is 16.9. The van der Waals surface area contributed by atoms with Gasteiger partial charge in [0.2, 0.25) is 0 Å². The number of hydrogen-bond donors (Lipinski definition) is 4. The van der Waals surface area contributed by atoms with Gasteiger partial charge in [-0.3, -0.25) is 0 Å². The molecule has 0 radical (unpaired) electrons. The van der Waals surface area contributed by atoms with Gasteiger partial charge in [0, 0.05) is 75.4 Å². The number of rotatable bonds is 14. The summed E-state index contributed by atoms with van der Waals surface area (Å²) in [6, 6.07) is 138. The Balaban J connectivity index is 0.000000122. The van der Waals surface area contributed by atoms with Crippen molar-refractivity contribution in [2.45, 2.75) is 38.5 Å². The topological polar surface area (TPSA) is 197 Å². The highest BCUT2D eigenvalue weighted by molar-refractivity contribution is 9.10. The fraction of sp³-hybridized carbons (Fsp3) is 0.0541. The first-order chi connectivity index (χ1) is 62.8. The van der Waals surface area contributed by atoms with Gasteiger partial charge >= 0.3 is 14.2 Å². The lowest BCUT2D eigenvalue weighted by atomic mass is 9.75. The molecule has 21 rings (SSSR count). The number of hydrogen-bond acceptors (Lipinski definition) is 13. The van der Waals surface area contributed by atoms with E-state index >= 15 is 0 Å². The molecule has 2 aliphatic rings. The molecule has 0 saturated heterocycles. The maximum atomic E-state index is 9.30. The van der Waals surface area contributed by atoms with Gasteiger partial charge < -0.3 is 20.1 Å². The smallest absolute Gasteiger partial charge is 0.423 e. The van der Waals surface area contributed by atoms with E-state index in [2.05, 4.69) is 164 Å². The van der Waals surface area contributed by atoms with Crippen LogP contribution in [0.25, 0.3) is 158 Å². The summed E-state index contributed by atoms with van der Waals surface area (Å²) in [6.45, 7) is 9.00. The third-order valence-electron chi connectivity index (χ3n) is 22.7. The van der Waals surface area contributed by atoms with Crippen LogP contribution in [0.3, 0.4) is 0 Å². The van der Waals surface area contributed by atoms with E-state index in [-0.39, 0.29) is 10.8 Å². The highest BCUT2D eigenvalue weighted by Gasteiger charge is 2.37. The van der Waals surface area contributed by atoms with Crippen molar-refractivity contribution < 1.29 is 20.1 Å². The number of fused-ring (bicyclic) bond motifs is 6. The maximum absolute atomic E-state index is 9.30. The number of halogens is 3. The van der Waals surface area contributed by atoms with Crippen LogP contribution in [0.2, 0.25) is 10.0 Å². The zero-order chi connectivity index (χ0) is 89.0. The Labute approximate surface area is 769 Å². The summed E-state index contributed by atoms with van der Waals surface area (Å²) in [6.07, 6.45) is 0. The van der Waals surface area contributed by atoms with Gasteiger partial charge in [0.05, 0.1) is 0 Å². The predicted octanol–water partition coefficient (Wildman–Crippen LogP) is 25.0. The molecule has 0 unspecified atom stereocenters. The van der Waals surface area contributed by atoms with Gasteiger partial charge in [0.25, 0.3) is 0 Å². The van der Waals surface area contributed by atoms with Crippen molar-refractivity contribution in [3.8, 4) is 158 Å². The van der Waals surface area contributed by atoms with Gasteiger partial charge in [-0.15, -0.1) is 0 Å². The van der Waals surface area contributed by atoms with E-state index in [0.29, 0.717) is 73.4 Å². The average Bonchev–Trinajstić information content (AvgIpc) is 1.59. The van der Waals surface area contributed by atoms with Crippen LogP contribution in [0.4, 0.5) is 0 Å². The molecular weight excluding hydrogens is 1700 g/mol. The zero-order valence-electron chi connectivity index (χ0n) is 70.9. The van der Waals surface area contributed by atoms with Gasteiger partial charge in [0.1, 0.15) is 0 Å². The molecule has 3 aromatic heterocycles. The molecule has 624 valence electrons. The lowest BCUT2D eigenvalue weighted by molar-refractivity contribution is 0.424. The first kappa shape index (κ1) is 86.7. The van der Waals surface area contributed by atoms with Crippen LogP contribution in [-0.2, 0) is 10.8 Å². The summed E-state index contributed by atoms with van der Waals surface area (Å²) < 4.78 is 0.993. The molecule has 0 fully saturated rings. The van der Waals surface area contributed by atoms with Gasteiger partial charge in [-0.05, 0) is 149 Å². The molecule has 13 nitrogen and oxygen atoms in total. The standard InChI is InChI=1S/C42H31N3.C27H18ClN3.C21H14BrN3.C15H15BO2.C6H6BClO2/c1-42(2)37-22-10-9-21-35(37)36-24-23-33(27-38(36)42)31-18-11-17-30(25-31)32-19-12-20-34(26-32)41-44-39(28-13-5-3-6-14-28)43-40(45-41)29-15-7-4-8-16-29;28-24-16-8-14-22(18-24)21-13-7-15-23(17-21)27-30-25(19-9-3-1-4-10-19)29-26(31-27)20-11-5-2-6-12-20;22-18-13-7-12-17(14-18)21-24-19(15-8-3-1-4-9-15)23-20(25-21)16-10-5-2-6-11-16;1-15(2)13-6-4-3-5-11(13)12-8-7-10(16(17)18)9-14(12)15;8-6-3-1-2-5(4-6)7(9)10/h3-27H,1-2H3;1-18H;1-14H;3-9,17-18H,1-2H3;1-4,9-10H.